The van der Waals surface area contributed by atoms with E-state index in [2.05, 4.69) is 45.0 Å². The van der Waals surface area contributed by atoms with Crippen LogP contribution in [0.1, 0.15) is 66.2 Å². The van der Waals surface area contributed by atoms with Crippen molar-refractivity contribution in [1.82, 2.24) is 10.2 Å². The molecule has 0 amide bonds. The van der Waals surface area contributed by atoms with Crippen molar-refractivity contribution in [1.29, 1.82) is 0 Å². The van der Waals surface area contributed by atoms with E-state index in [4.69, 9.17) is 0 Å². The number of nitrogens with one attached hydrogen (secondary N) is 1. The first kappa shape index (κ1) is 16.0. The van der Waals surface area contributed by atoms with Crippen molar-refractivity contribution >= 4 is 0 Å². The Labute approximate surface area is 115 Å². The van der Waals surface area contributed by atoms with Crippen molar-refractivity contribution < 1.29 is 0 Å². The van der Waals surface area contributed by atoms with Gasteiger partial charge in [0.25, 0.3) is 0 Å². The van der Waals surface area contributed by atoms with Crippen LogP contribution in [0.4, 0.5) is 0 Å². The summed E-state index contributed by atoms with van der Waals surface area (Å²) in [5.74, 6) is 0.896. The van der Waals surface area contributed by atoms with Crippen LogP contribution in [-0.4, -0.2) is 36.6 Å². The molecule has 4 atom stereocenters. The van der Waals surface area contributed by atoms with Crippen LogP contribution >= 0.6 is 0 Å². The Morgan fingerprint density at radius 3 is 2.56 bits per heavy atom. The summed E-state index contributed by atoms with van der Waals surface area (Å²) in [4.78, 5) is 2.79. The summed E-state index contributed by atoms with van der Waals surface area (Å²) in [5.41, 5.74) is 0. The van der Waals surface area contributed by atoms with Gasteiger partial charge in [-0.25, -0.2) is 0 Å². The maximum Gasteiger partial charge on any atom is 0.0254 e. The monoisotopic (exact) mass is 254 g/mol. The maximum atomic E-state index is 3.57. The van der Waals surface area contributed by atoms with Crippen molar-refractivity contribution in [3.8, 4) is 0 Å². The zero-order valence-electron chi connectivity index (χ0n) is 13.2. The van der Waals surface area contributed by atoms with E-state index in [0.717, 1.165) is 18.0 Å². The number of hydrogen-bond acceptors (Lipinski definition) is 2. The molecule has 0 aromatic heterocycles. The molecule has 1 aliphatic rings. The van der Waals surface area contributed by atoms with Crippen molar-refractivity contribution in [2.45, 2.75) is 84.3 Å². The standard InChI is InChI=1S/C16H34N2/c1-6-8-11-18(14(4)7-2)16-12-13(3)9-10-15(16)17-5/h13-17H,6-12H2,1-5H3. The molecule has 0 aromatic rings. The van der Waals surface area contributed by atoms with E-state index in [0.29, 0.717) is 6.04 Å². The summed E-state index contributed by atoms with van der Waals surface area (Å²) < 4.78 is 0. The third-order valence-corrected chi connectivity index (χ3v) is 4.80. The first-order valence-corrected chi connectivity index (χ1v) is 8.06. The van der Waals surface area contributed by atoms with E-state index in [1.54, 1.807) is 0 Å². The van der Waals surface area contributed by atoms with Crippen LogP contribution in [0.3, 0.4) is 0 Å². The number of nitrogens with zero attached hydrogens (tertiary/aromatic N) is 1. The Bertz CT molecular complexity index is 217. The highest BCUT2D eigenvalue weighted by Crippen LogP contribution is 2.29. The molecule has 1 N–H and O–H groups in total. The molecule has 108 valence electrons. The third kappa shape index (κ3) is 4.24. The molecule has 1 rings (SSSR count). The zero-order valence-corrected chi connectivity index (χ0v) is 13.2. The highest BCUT2D eigenvalue weighted by Gasteiger charge is 2.33. The molecule has 2 nitrogen and oxygen atoms in total. The van der Waals surface area contributed by atoms with Gasteiger partial charge in [0.2, 0.25) is 0 Å². The molecule has 0 bridgehead atoms. The summed E-state index contributed by atoms with van der Waals surface area (Å²) in [6, 6.07) is 2.18. The van der Waals surface area contributed by atoms with E-state index in [1.807, 2.05) is 0 Å². The van der Waals surface area contributed by atoms with E-state index in [9.17, 15) is 0 Å². The molecule has 1 aliphatic carbocycles. The van der Waals surface area contributed by atoms with Crippen LogP contribution in [0.5, 0.6) is 0 Å². The Kier molecular flexibility index (Phi) is 7.25. The summed E-state index contributed by atoms with van der Waals surface area (Å²) >= 11 is 0. The van der Waals surface area contributed by atoms with Crippen molar-refractivity contribution in [2.75, 3.05) is 13.6 Å². The number of likely N-dealkylation sites (N-methyl/N-ethyl adjacent to an activating group) is 1. The minimum absolute atomic E-state index is 0.701. The van der Waals surface area contributed by atoms with Crippen LogP contribution in [0, 0.1) is 5.92 Å². The van der Waals surface area contributed by atoms with Gasteiger partial charge in [0, 0.05) is 18.1 Å². The van der Waals surface area contributed by atoms with Gasteiger partial charge in [-0.3, -0.25) is 4.90 Å². The summed E-state index contributed by atoms with van der Waals surface area (Å²) in [6.07, 6.45) is 8.03. The predicted molar refractivity (Wildman–Crippen MR) is 81.0 cm³/mol. The summed E-state index contributed by atoms with van der Waals surface area (Å²) in [7, 11) is 2.14. The van der Waals surface area contributed by atoms with Gasteiger partial charge in [0.05, 0.1) is 0 Å². The lowest BCUT2D eigenvalue weighted by Gasteiger charge is -2.44. The molecule has 0 aliphatic heterocycles. The topological polar surface area (TPSA) is 15.3 Å². The Morgan fingerprint density at radius 2 is 2.00 bits per heavy atom. The Morgan fingerprint density at radius 1 is 1.28 bits per heavy atom. The smallest absolute Gasteiger partial charge is 0.0254 e. The fraction of sp³-hybridized carbons (Fsp3) is 1.00. The second-order valence-electron chi connectivity index (χ2n) is 6.23. The van der Waals surface area contributed by atoms with Gasteiger partial charge in [-0.2, -0.15) is 0 Å². The SMILES string of the molecule is CCCCN(C(C)CC)C1CC(C)CCC1NC. The minimum Gasteiger partial charge on any atom is -0.315 e. The second-order valence-corrected chi connectivity index (χ2v) is 6.23. The highest BCUT2D eigenvalue weighted by molar-refractivity contribution is 4.91. The minimum atomic E-state index is 0.701. The molecule has 18 heavy (non-hydrogen) atoms. The van der Waals surface area contributed by atoms with E-state index >= 15 is 0 Å². The van der Waals surface area contributed by atoms with Gasteiger partial charge in [-0.1, -0.05) is 27.2 Å². The van der Waals surface area contributed by atoms with E-state index in [-0.39, 0.29) is 0 Å². The Balaban J connectivity index is 2.72. The van der Waals surface area contributed by atoms with E-state index < -0.39 is 0 Å². The van der Waals surface area contributed by atoms with Crippen molar-refractivity contribution in [3.05, 3.63) is 0 Å². The second kappa shape index (κ2) is 8.16. The molecule has 0 aromatic carbocycles. The number of rotatable bonds is 7. The average molecular weight is 254 g/mol. The molecule has 0 radical (unpaired) electrons. The van der Waals surface area contributed by atoms with Crippen LogP contribution in [-0.2, 0) is 0 Å². The quantitative estimate of drug-likeness (QED) is 0.746. The van der Waals surface area contributed by atoms with Gasteiger partial charge in [-0.05, 0) is 58.5 Å². The normalized spacial score (nSPS) is 30.7. The molecule has 4 unspecified atom stereocenters. The van der Waals surface area contributed by atoms with Crippen LogP contribution in [0.2, 0.25) is 0 Å². The summed E-state index contributed by atoms with van der Waals surface area (Å²) in [6.45, 7) is 10.7. The molecular weight excluding hydrogens is 220 g/mol. The highest BCUT2D eigenvalue weighted by atomic mass is 15.2. The number of unbranched alkanes of at least 4 members (excludes halogenated alkanes) is 1. The molecule has 2 heteroatoms. The van der Waals surface area contributed by atoms with Gasteiger partial charge in [0.15, 0.2) is 0 Å². The summed E-state index contributed by atoms with van der Waals surface area (Å²) in [5, 5.41) is 3.57. The van der Waals surface area contributed by atoms with Crippen molar-refractivity contribution in [2.24, 2.45) is 5.92 Å². The molecule has 1 fully saturated rings. The van der Waals surface area contributed by atoms with Gasteiger partial charge < -0.3 is 5.32 Å². The molecule has 0 saturated heterocycles. The fourth-order valence-corrected chi connectivity index (χ4v) is 3.34. The lowest BCUT2D eigenvalue weighted by Crippen LogP contribution is -2.55. The van der Waals surface area contributed by atoms with Gasteiger partial charge in [-0.15, -0.1) is 0 Å². The fourth-order valence-electron chi connectivity index (χ4n) is 3.34. The van der Waals surface area contributed by atoms with Gasteiger partial charge in [0.1, 0.15) is 0 Å². The van der Waals surface area contributed by atoms with Crippen LogP contribution < -0.4 is 5.32 Å². The number of hydrogen-bond donors (Lipinski definition) is 1. The maximum absolute atomic E-state index is 3.57. The lowest BCUT2D eigenvalue weighted by atomic mass is 9.82. The molecule has 0 heterocycles. The molecular formula is C16H34N2. The van der Waals surface area contributed by atoms with Gasteiger partial charge >= 0.3 is 0 Å². The van der Waals surface area contributed by atoms with Crippen molar-refractivity contribution in [3.63, 3.8) is 0 Å². The first-order valence-electron chi connectivity index (χ1n) is 8.06. The van der Waals surface area contributed by atoms with Crippen LogP contribution in [0.15, 0.2) is 0 Å². The Hall–Kier alpha value is -0.0800. The lowest BCUT2D eigenvalue weighted by molar-refractivity contribution is 0.0681. The predicted octanol–water partition coefficient (Wildman–Crippen LogP) is 3.66. The largest absolute Gasteiger partial charge is 0.315 e. The van der Waals surface area contributed by atoms with E-state index in [1.165, 1.54) is 45.1 Å². The molecule has 0 spiro atoms. The van der Waals surface area contributed by atoms with Crippen LogP contribution in [0.25, 0.3) is 0 Å². The molecule has 1 saturated carbocycles. The average Bonchev–Trinajstić information content (AvgIpc) is 2.39. The third-order valence-electron chi connectivity index (χ3n) is 4.80. The first-order chi connectivity index (χ1) is 8.63. The zero-order chi connectivity index (χ0) is 13.5.